The maximum atomic E-state index is 12.5. The van der Waals surface area contributed by atoms with E-state index < -0.39 is 17.8 Å². The van der Waals surface area contributed by atoms with Gasteiger partial charge >= 0.3 is 6.18 Å². The smallest absolute Gasteiger partial charge is 0.393 e. The molecule has 0 bridgehead atoms. The van der Waals surface area contributed by atoms with E-state index in [1.54, 1.807) is 0 Å². The van der Waals surface area contributed by atoms with Crippen molar-refractivity contribution in [3.05, 3.63) is 35.4 Å². The van der Waals surface area contributed by atoms with Gasteiger partial charge in [-0.05, 0) is 30.5 Å². The Kier molecular flexibility index (Phi) is 4.31. The van der Waals surface area contributed by atoms with Gasteiger partial charge in [0.1, 0.15) is 6.04 Å². The van der Waals surface area contributed by atoms with Crippen LogP contribution in [0.1, 0.15) is 30.0 Å². The summed E-state index contributed by atoms with van der Waals surface area (Å²) in [5.74, 6) is 0. The van der Waals surface area contributed by atoms with Crippen LogP contribution in [0.2, 0.25) is 0 Å². The molecule has 1 aliphatic heterocycles. The number of nitriles is 1. The average Bonchev–Trinajstić information content (AvgIpc) is 2.41. The van der Waals surface area contributed by atoms with Crippen molar-refractivity contribution in [1.29, 1.82) is 5.26 Å². The molecule has 108 valence electrons. The Morgan fingerprint density at radius 3 is 2.20 bits per heavy atom. The molecule has 1 N–H and O–H groups in total. The summed E-state index contributed by atoms with van der Waals surface area (Å²) >= 11 is 0. The largest absolute Gasteiger partial charge is 0.416 e. The summed E-state index contributed by atoms with van der Waals surface area (Å²) in [7, 11) is 0. The van der Waals surface area contributed by atoms with E-state index in [0.29, 0.717) is 31.5 Å². The van der Waals surface area contributed by atoms with E-state index in [2.05, 4.69) is 6.07 Å². The number of hydrogen-bond donors (Lipinski definition) is 1. The summed E-state index contributed by atoms with van der Waals surface area (Å²) in [6.45, 7) is 1.14. The molecule has 0 amide bonds. The second-order valence-electron chi connectivity index (χ2n) is 4.92. The van der Waals surface area contributed by atoms with Crippen molar-refractivity contribution >= 4 is 0 Å². The Morgan fingerprint density at radius 2 is 1.75 bits per heavy atom. The lowest BCUT2D eigenvalue weighted by Gasteiger charge is -2.33. The Labute approximate surface area is 115 Å². The predicted molar refractivity (Wildman–Crippen MR) is 66.6 cm³/mol. The van der Waals surface area contributed by atoms with Crippen LogP contribution in [0, 0.1) is 11.3 Å². The van der Waals surface area contributed by atoms with Crippen LogP contribution in [0.25, 0.3) is 0 Å². The van der Waals surface area contributed by atoms with Crippen molar-refractivity contribution in [3.8, 4) is 6.07 Å². The van der Waals surface area contributed by atoms with Crippen LogP contribution in [0.5, 0.6) is 0 Å². The second kappa shape index (κ2) is 5.81. The quantitative estimate of drug-likeness (QED) is 0.908. The topological polar surface area (TPSA) is 47.3 Å². The average molecular weight is 284 g/mol. The Morgan fingerprint density at radius 1 is 1.20 bits per heavy atom. The molecule has 0 saturated carbocycles. The minimum atomic E-state index is -4.37. The van der Waals surface area contributed by atoms with E-state index >= 15 is 0 Å². The van der Waals surface area contributed by atoms with Gasteiger partial charge in [0, 0.05) is 13.1 Å². The van der Waals surface area contributed by atoms with E-state index in [1.807, 2.05) is 4.90 Å². The standard InChI is InChI=1S/C14H15F3N2O/c15-14(16,17)11-3-1-10(2-4-11)13(9-18)19-7-5-12(20)6-8-19/h1-4,12-13,20H,5-8H2. The molecule has 3 nitrogen and oxygen atoms in total. The molecule has 2 rings (SSSR count). The van der Waals surface area contributed by atoms with Crippen LogP contribution in [-0.2, 0) is 6.18 Å². The maximum absolute atomic E-state index is 12.5. The first kappa shape index (κ1) is 14.8. The number of halogens is 3. The van der Waals surface area contributed by atoms with E-state index in [9.17, 15) is 23.5 Å². The number of alkyl halides is 3. The molecule has 0 aromatic heterocycles. The third kappa shape index (κ3) is 3.30. The van der Waals surface area contributed by atoms with Gasteiger partial charge in [-0.15, -0.1) is 0 Å². The minimum Gasteiger partial charge on any atom is -0.393 e. The van der Waals surface area contributed by atoms with Crippen molar-refractivity contribution in [1.82, 2.24) is 4.90 Å². The summed E-state index contributed by atoms with van der Waals surface area (Å²) in [6, 6.07) is 6.25. The van der Waals surface area contributed by atoms with Crippen molar-refractivity contribution in [2.75, 3.05) is 13.1 Å². The van der Waals surface area contributed by atoms with E-state index in [0.717, 1.165) is 12.1 Å². The lowest BCUT2D eigenvalue weighted by molar-refractivity contribution is -0.137. The molecule has 1 unspecified atom stereocenters. The van der Waals surface area contributed by atoms with Crippen LogP contribution >= 0.6 is 0 Å². The lowest BCUT2D eigenvalue weighted by atomic mass is 10.0. The molecule has 1 atom stereocenters. The predicted octanol–water partition coefficient (Wildman–Crippen LogP) is 2.73. The molecule has 1 aromatic rings. The Hall–Kier alpha value is -1.58. The molecule has 0 spiro atoms. The van der Waals surface area contributed by atoms with E-state index in [-0.39, 0.29) is 6.10 Å². The molecule has 6 heteroatoms. The van der Waals surface area contributed by atoms with Gasteiger partial charge in [0.15, 0.2) is 0 Å². The van der Waals surface area contributed by atoms with Gasteiger partial charge in [0.25, 0.3) is 0 Å². The zero-order valence-corrected chi connectivity index (χ0v) is 10.8. The molecular formula is C14H15F3N2O. The van der Waals surface area contributed by atoms with Gasteiger partial charge in [0.05, 0.1) is 17.7 Å². The first-order valence-electron chi connectivity index (χ1n) is 6.40. The van der Waals surface area contributed by atoms with Crippen molar-refractivity contribution in [2.45, 2.75) is 31.2 Å². The number of benzene rings is 1. The van der Waals surface area contributed by atoms with Crippen LogP contribution in [-0.4, -0.2) is 29.2 Å². The zero-order valence-electron chi connectivity index (χ0n) is 10.8. The van der Waals surface area contributed by atoms with E-state index in [4.69, 9.17) is 0 Å². The van der Waals surface area contributed by atoms with Crippen molar-refractivity contribution in [3.63, 3.8) is 0 Å². The number of aliphatic hydroxyl groups excluding tert-OH is 1. The molecule has 1 aromatic carbocycles. The number of hydrogen-bond acceptors (Lipinski definition) is 3. The van der Waals surface area contributed by atoms with Crippen LogP contribution < -0.4 is 0 Å². The van der Waals surface area contributed by atoms with Gasteiger partial charge < -0.3 is 5.11 Å². The number of aliphatic hydroxyl groups is 1. The van der Waals surface area contributed by atoms with Gasteiger partial charge in [-0.25, -0.2) is 0 Å². The summed E-state index contributed by atoms with van der Waals surface area (Å²) in [5.41, 5.74) is -0.163. The van der Waals surface area contributed by atoms with Gasteiger partial charge in [-0.3, -0.25) is 4.90 Å². The van der Waals surface area contributed by atoms with Gasteiger partial charge in [-0.2, -0.15) is 18.4 Å². The Bertz CT molecular complexity index is 485. The molecule has 20 heavy (non-hydrogen) atoms. The minimum absolute atomic E-state index is 0.349. The summed E-state index contributed by atoms with van der Waals surface area (Å²) in [5, 5.41) is 18.7. The summed E-state index contributed by atoms with van der Waals surface area (Å²) in [6.07, 6.45) is -3.55. The lowest BCUT2D eigenvalue weighted by Crippen LogP contribution is -2.38. The van der Waals surface area contributed by atoms with Crippen LogP contribution in [0.15, 0.2) is 24.3 Å². The second-order valence-corrected chi connectivity index (χ2v) is 4.92. The molecular weight excluding hydrogens is 269 g/mol. The number of piperidine rings is 1. The first-order valence-corrected chi connectivity index (χ1v) is 6.40. The molecule has 1 aliphatic rings. The summed E-state index contributed by atoms with van der Waals surface area (Å²) < 4.78 is 37.5. The molecule has 0 radical (unpaired) electrons. The monoisotopic (exact) mass is 284 g/mol. The number of likely N-dealkylation sites (tertiary alicyclic amines) is 1. The third-order valence-electron chi connectivity index (χ3n) is 3.54. The third-order valence-corrected chi connectivity index (χ3v) is 3.54. The molecule has 1 fully saturated rings. The van der Waals surface area contributed by atoms with Gasteiger partial charge in [-0.1, -0.05) is 12.1 Å². The maximum Gasteiger partial charge on any atom is 0.416 e. The summed E-state index contributed by atoms with van der Waals surface area (Å²) in [4.78, 5) is 1.88. The SMILES string of the molecule is N#CC(c1ccc(C(F)(F)F)cc1)N1CCC(O)CC1. The van der Waals surface area contributed by atoms with Gasteiger partial charge in [0.2, 0.25) is 0 Å². The molecule has 1 saturated heterocycles. The number of rotatable bonds is 2. The fourth-order valence-electron chi connectivity index (χ4n) is 2.37. The first-order chi connectivity index (χ1) is 9.41. The highest BCUT2D eigenvalue weighted by molar-refractivity contribution is 5.29. The van der Waals surface area contributed by atoms with E-state index in [1.165, 1.54) is 12.1 Å². The highest BCUT2D eigenvalue weighted by Crippen LogP contribution is 2.31. The zero-order chi connectivity index (χ0) is 14.8. The fraction of sp³-hybridized carbons (Fsp3) is 0.500. The molecule has 0 aliphatic carbocycles. The van der Waals surface area contributed by atoms with Crippen LogP contribution in [0.3, 0.4) is 0 Å². The Balaban J connectivity index is 2.14. The highest BCUT2D eigenvalue weighted by Gasteiger charge is 2.31. The highest BCUT2D eigenvalue weighted by atomic mass is 19.4. The number of nitrogens with zero attached hydrogens (tertiary/aromatic N) is 2. The van der Waals surface area contributed by atoms with Crippen LogP contribution in [0.4, 0.5) is 13.2 Å². The normalized spacial score (nSPS) is 19.6. The van der Waals surface area contributed by atoms with Crippen molar-refractivity contribution < 1.29 is 18.3 Å². The van der Waals surface area contributed by atoms with Crippen molar-refractivity contribution in [2.24, 2.45) is 0 Å². The fourth-order valence-corrected chi connectivity index (χ4v) is 2.37. The molecule has 1 heterocycles.